The maximum atomic E-state index is 12.1. The van der Waals surface area contributed by atoms with Crippen LogP contribution in [-0.2, 0) is 11.2 Å². The number of carbonyl (C=O) groups is 1. The van der Waals surface area contributed by atoms with Gasteiger partial charge in [-0.25, -0.2) is 0 Å². The van der Waals surface area contributed by atoms with Crippen molar-refractivity contribution in [2.75, 3.05) is 13.2 Å². The van der Waals surface area contributed by atoms with Crippen LogP contribution in [0.2, 0.25) is 0 Å². The van der Waals surface area contributed by atoms with Crippen LogP contribution in [0, 0.1) is 5.92 Å². The summed E-state index contributed by atoms with van der Waals surface area (Å²) in [6.45, 7) is 0.783. The smallest absolute Gasteiger partial charge is 0.226 e. The Hall–Kier alpha value is -1.55. The third kappa shape index (κ3) is 2.59. The van der Waals surface area contributed by atoms with Gasteiger partial charge in [-0.2, -0.15) is 0 Å². The van der Waals surface area contributed by atoms with Crippen molar-refractivity contribution in [1.82, 2.24) is 5.32 Å². The van der Waals surface area contributed by atoms with E-state index in [1.54, 1.807) is 0 Å². The second-order valence-electron chi connectivity index (χ2n) is 5.62. The molecular formula is C15H19NO3. The first-order chi connectivity index (χ1) is 9.16. The summed E-state index contributed by atoms with van der Waals surface area (Å²) in [5.41, 5.74) is 0.416. The summed E-state index contributed by atoms with van der Waals surface area (Å²) in [7, 11) is 0. The van der Waals surface area contributed by atoms with E-state index in [-0.39, 0.29) is 11.8 Å². The van der Waals surface area contributed by atoms with Crippen molar-refractivity contribution in [2.24, 2.45) is 5.92 Å². The number of benzene rings is 1. The summed E-state index contributed by atoms with van der Waals surface area (Å²) in [6.07, 6.45) is 3.33. The standard InChI is InChI=1S/C15H19NO3/c17-14(16-10-15(18)6-3-7-15)12-8-11-4-1-2-5-13(11)19-9-12/h1-2,4-5,12,18H,3,6-10H2,(H,16,17). The van der Waals surface area contributed by atoms with Gasteiger partial charge < -0.3 is 15.2 Å². The fraction of sp³-hybridized carbons (Fsp3) is 0.533. The van der Waals surface area contributed by atoms with Crippen molar-refractivity contribution in [3.8, 4) is 5.75 Å². The molecule has 4 nitrogen and oxygen atoms in total. The molecule has 0 radical (unpaired) electrons. The van der Waals surface area contributed by atoms with Gasteiger partial charge in [-0.3, -0.25) is 4.79 Å². The molecule has 0 aromatic heterocycles. The Balaban J connectivity index is 1.57. The lowest BCUT2D eigenvalue weighted by atomic mass is 9.80. The number of amides is 1. The van der Waals surface area contributed by atoms with Crippen LogP contribution in [0.3, 0.4) is 0 Å². The van der Waals surface area contributed by atoms with Crippen LogP contribution in [0.15, 0.2) is 24.3 Å². The lowest BCUT2D eigenvalue weighted by molar-refractivity contribution is -0.128. The van der Waals surface area contributed by atoms with Crippen molar-refractivity contribution >= 4 is 5.91 Å². The Morgan fingerprint density at radius 1 is 1.42 bits per heavy atom. The number of hydrogen-bond acceptors (Lipinski definition) is 3. The average Bonchev–Trinajstić information content (AvgIpc) is 2.42. The van der Waals surface area contributed by atoms with Crippen LogP contribution in [0.5, 0.6) is 5.75 Å². The van der Waals surface area contributed by atoms with Gasteiger partial charge in [0.25, 0.3) is 0 Å². The fourth-order valence-corrected chi connectivity index (χ4v) is 2.65. The molecule has 2 aliphatic rings. The number of para-hydroxylation sites is 1. The minimum atomic E-state index is -0.664. The molecule has 1 aliphatic heterocycles. The highest BCUT2D eigenvalue weighted by atomic mass is 16.5. The molecule has 1 aromatic carbocycles. The fourth-order valence-electron chi connectivity index (χ4n) is 2.65. The van der Waals surface area contributed by atoms with Gasteiger partial charge in [0.2, 0.25) is 5.91 Å². The largest absolute Gasteiger partial charge is 0.492 e. The molecule has 4 heteroatoms. The van der Waals surface area contributed by atoms with Gasteiger partial charge in [0, 0.05) is 6.54 Å². The maximum absolute atomic E-state index is 12.1. The van der Waals surface area contributed by atoms with Gasteiger partial charge in [-0.15, -0.1) is 0 Å². The molecule has 1 saturated carbocycles. The Labute approximate surface area is 112 Å². The Bertz CT molecular complexity index is 482. The van der Waals surface area contributed by atoms with Gasteiger partial charge in [0.15, 0.2) is 0 Å². The molecule has 2 N–H and O–H groups in total. The van der Waals surface area contributed by atoms with Crippen molar-refractivity contribution in [1.29, 1.82) is 0 Å². The first-order valence-electron chi connectivity index (χ1n) is 6.87. The molecule has 1 atom stereocenters. The van der Waals surface area contributed by atoms with E-state index in [1.807, 2.05) is 24.3 Å². The number of fused-ring (bicyclic) bond motifs is 1. The predicted molar refractivity (Wildman–Crippen MR) is 70.9 cm³/mol. The number of carbonyl (C=O) groups excluding carboxylic acids is 1. The van der Waals surface area contributed by atoms with Crippen LogP contribution in [0.25, 0.3) is 0 Å². The average molecular weight is 261 g/mol. The van der Waals surface area contributed by atoms with E-state index in [0.29, 0.717) is 19.6 Å². The molecule has 0 bridgehead atoms. The van der Waals surface area contributed by atoms with E-state index < -0.39 is 5.60 Å². The lowest BCUT2D eigenvalue weighted by Gasteiger charge is -2.37. The molecule has 1 heterocycles. The maximum Gasteiger partial charge on any atom is 0.226 e. The number of nitrogens with one attached hydrogen (secondary N) is 1. The zero-order valence-corrected chi connectivity index (χ0v) is 10.9. The zero-order valence-electron chi connectivity index (χ0n) is 10.9. The zero-order chi connectivity index (χ0) is 13.3. The van der Waals surface area contributed by atoms with Crippen molar-refractivity contribution in [3.63, 3.8) is 0 Å². The number of aliphatic hydroxyl groups is 1. The molecule has 19 heavy (non-hydrogen) atoms. The summed E-state index contributed by atoms with van der Waals surface area (Å²) >= 11 is 0. The highest BCUT2D eigenvalue weighted by Crippen LogP contribution is 2.31. The first kappa shape index (κ1) is 12.5. The van der Waals surface area contributed by atoms with E-state index in [9.17, 15) is 9.90 Å². The molecular weight excluding hydrogens is 242 g/mol. The van der Waals surface area contributed by atoms with Crippen molar-refractivity contribution in [2.45, 2.75) is 31.3 Å². The summed E-state index contributed by atoms with van der Waals surface area (Å²) in [4.78, 5) is 12.1. The van der Waals surface area contributed by atoms with E-state index >= 15 is 0 Å². The number of rotatable bonds is 3. The van der Waals surface area contributed by atoms with Gasteiger partial charge >= 0.3 is 0 Å². The quantitative estimate of drug-likeness (QED) is 0.861. The highest BCUT2D eigenvalue weighted by molar-refractivity contribution is 5.79. The van der Waals surface area contributed by atoms with Crippen LogP contribution in [0.4, 0.5) is 0 Å². The third-order valence-corrected chi connectivity index (χ3v) is 4.13. The Morgan fingerprint density at radius 3 is 2.95 bits per heavy atom. The Kier molecular flexibility index (Phi) is 3.19. The second-order valence-corrected chi connectivity index (χ2v) is 5.62. The molecule has 3 rings (SSSR count). The SMILES string of the molecule is O=C(NCC1(O)CCC1)C1COc2ccccc2C1. The van der Waals surface area contributed by atoms with E-state index in [0.717, 1.165) is 30.6 Å². The monoisotopic (exact) mass is 261 g/mol. The van der Waals surface area contributed by atoms with Gasteiger partial charge in [-0.1, -0.05) is 18.2 Å². The van der Waals surface area contributed by atoms with Crippen LogP contribution in [0.1, 0.15) is 24.8 Å². The van der Waals surface area contributed by atoms with Gasteiger partial charge in [-0.05, 0) is 37.3 Å². The second kappa shape index (κ2) is 4.85. The van der Waals surface area contributed by atoms with Crippen molar-refractivity contribution in [3.05, 3.63) is 29.8 Å². The van der Waals surface area contributed by atoms with Gasteiger partial charge in [0.1, 0.15) is 12.4 Å². The molecule has 1 aromatic rings. The normalized spacial score (nSPS) is 23.7. The highest BCUT2D eigenvalue weighted by Gasteiger charge is 2.35. The summed E-state index contributed by atoms with van der Waals surface area (Å²) < 4.78 is 5.61. The minimum absolute atomic E-state index is 0.0187. The molecule has 0 saturated heterocycles. The molecule has 1 unspecified atom stereocenters. The van der Waals surface area contributed by atoms with E-state index in [2.05, 4.69) is 5.32 Å². The lowest BCUT2D eigenvalue weighted by Crippen LogP contribution is -2.50. The van der Waals surface area contributed by atoms with Crippen LogP contribution >= 0.6 is 0 Å². The molecule has 1 aliphatic carbocycles. The Morgan fingerprint density at radius 2 is 2.21 bits per heavy atom. The van der Waals surface area contributed by atoms with Crippen LogP contribution in [-0.4, -0.2) is 29.8 Å². The molecule has 102 valence electrons. The van der Waals surface area contributed by atoms with Crippen molar-refractivity contribution < 1.29 is 14.6 Å². The summed E-state index contributed by atoms with van der Waals surface area (Å²) in [6, 6.07) is 7.82. The van der Waals surface area contributed by atoms with E-state index in [4.69, 9.17) is 4.74 Å². The number of ether oxygens (including phenoxy) is 1. The van der Waals surface area contributed by atoms with E-state index in [1.165, 1.54) is 0 Å². The minimum Gasteiger partial charge on any atom is -0.492 e. The third-order valence-electron chi connectivity index (χ3n) is 4.13. The number of hydrogen-bond donors (Lipinski definition) is 2. The summed E-state index contributed by atoms with van der Waals surface area (Å²) in [5.74, 6) is 0.706. The van der Waals surface area contributed by atoms with Gasteiger partial charge in [0.05, 0.1) is 11.5 Å². The van der Waals surface area contributed by atoms with Crippen LogP contribution < -0.4 is 10.1 Å². The molecule has 0 spiro atoms. The molecule has 1 amide bonds. The predicted octanol–water partition coefficient (Wildman–Crippen LogP) is 1.27. The topological polar surface area (TPSA) is 58.6 Å². The summed E-state index contributed by atoms with van der Waals surface area (Å²) in [5, 5.41) is 12.8. The molecule has 1 fully saturated rings. The first-order valence-corrected chi connectivity index (χ1v) is 6.87.